The van der Waals surface area contributed by atoms with Gasteiger partial charge >= 0.3 is 0 Å². The summed E-state index contributed by atoms with van der Waals surface area (Å²) in [5, 5.41) is 3.41. The minimum absolute atomic E-state index is 0.0372. The van der Waals surface area contributed by atoms with Gasteiger partial charge in [0.15, 0.2) is 6.17 Å². The van der Waals surface area contributed by atoms with Crippen molar-refractivity contribution < 1.29 is 9.21 Å². The van der Waals surface area contributed by atoms with Crippen molar-refractivity contribution in [2.45, 2.75) is 6.17 Å². The van der Waals surface area contributed by atoms with Crippen LogP contribution in [-0.2, 0) is 0 Å². The number of carbonyl (C=O) groups excluding carboxylic acids is 1. The number of nitrogens with zero attached hydrogens (tertiary/aromatic N) is 1. The van der Waals surface area contributed by atoms with E-state index in [1.807, 2.05) is 60.7 Å². The maximum absolute atomic E-state index is 13.1. The molecule has 0 fully saturated rings. The molecule has 4 rings (SSSR count). The number of furan rings is 1. The van der Waals surface area contributed by atoms with Crippen molar-refractivity contribution in [1.82, 2.24) is 0 Å². The Morgan fingerprint density at radius 3 is 2.61 bits per heavy atom. The largest absolute Gasteiger partial charge is 0.465 e. The molecule has 0 saturated carbocycles. The van der Waals surface area contributed by atoms with E-state index in [-0.39, 0.29) is 12.1 Å². The number of para-hydroxylation sites is 1. The highest BCUT2D eigenvalue weighted by Gasteiger charge is 2.35. The molecule has 1 aliphatic rings. The summed E-state index contributed by atoms with van der Waals surface area (Å²) >= 11 is 2.22. The van der Waals surface area contributed by atoms with E-state index in [9.17, 15) is 4.79 Å². The number of benzene rings is 2. The van der Waals surface area contributed by atoms with Gasteiger partial charge in [0.25, 0.3) is 5.91 Å². The first-order chi connectivity index (χ1) is 11.2. The molecule has 0 bridgehead atoms. The van der Waals surface area contributed by atoms with Gasteiger partial charge in [-0.15, -0.1) is 0 Å². The van der Waals surface area contributed by atoms with Gasteiger partial charge in [-0.1, -0.05) is 18.2 Å². The number of hydrogen-bond acceptors (Lipinski definition) is 3. The summed E-state index contributed by atoms with van der Waals surface area (Å²) < 4.78 is 6.58. The topological polar surface area (TPSA) is 45.5 Å². The summed E-state index contributed by atoms with van der Waals surface area (Å²) in [6.07, 6.45) is 1.25. The predicted molar refractivity (Wildman–Crippen MR) is 97.5 cm³/mol. The first kappa shape index (κ1) is 14.3. The third-order valence-corrected chi connectivity index (χ3v) is 4.50. The fourth-order valence-corrected chi connectivity index (χ4v) is 3.27. The molecule has 1 aliphatic heterocycles. The smallest absolute Gasteiger partial charge is 0.262 e. The maximum Gasteiger partial charge on any atom is 0.262 e. The summed E-state index contributed by atoms with van der Waals surface area (Å²) in [6, 6.07) is 19.2. The third-order valence-electron chi connectivity index (χ3n) is 3.83. The number of fused-ring (bicyclic) bond motifs is 1. The molecule has 2 aromatic carbocycles. The van der Waals surface area contributed by atoms with Crippen molar-refractivity contribution in [2.24, 2.45) is 0 Å². The third kappa shape index (κ3) is 2.50. The summed E-state index contributed by atoms with van der Waals surface area (Å²) in [5.74, 6) is 0.663. The fraction of sp³-hybridized carbons (Fsp3) is 0.0556. The molecule has 114 valence electrons. The van der Waals surface area contributed by atoms with Gasteiger partial charge in [0.1, 0.15) is 5.76 Å². The lowest BCUT2D eigenvalue weighted by molar-refractivity contribution is 0.0971. The van der Waals surface area contributed by atoms with Crippen LogP contribution in [0, 0.1) is 3.57 Å². The molecule has 1 N–H and O–H groups in total. The van der Waals surface area contributed by atoms with Gasteiger partial charge in [-0.05, 0) is 65.1 Å². The fourth-order valence-electron chi connectivity index (χ4n) is 2.78. The quantitative estimate of drug-likeness (QED) is 0.619. The van der Waals surface area contributed by atoms with E-state index in [4.69, 9.17) is 4.42 Å². The molecule has 3 aromatic rings. The zero-order chi connectivity index (χ0) is 15.8. The highest BCUT2D eigenvalue weighted by molar-refractivity contribution is 14.1. The van der Waals surface area contributed by atoms with Crippen molar-refractivity contribution in [3.63, 3.8) is 0 Å². The van der Waals surface area contributed by atoms with E-state index < -0.39 is 0 Å². The van der Waals surface area contributed by atoms with Crippen molar-refractivity contribution in [3.8, 4) is 0 Å². The first-order valence-corrected chi connectivity index (χ1v) is 8.30. The second-order valence-corrected chi connectivity index (χ2v) is 6.51. The van der Waals surface area contributed by atoms with Crippen LogP contribution in [0.1, 0.15) is 22.3 Å². The molecule has 1 unspecified atom stereocenters. The van der Waals surface area contributed by atoms with E-state index >= 15 is 0 Å². The van der Waals surface area contributed by atoms with Crippen LogP contribution in [0.15, 0.2) is 71.3 Å². The standard InChI is InChI=1S/C18H13IN2O2/c19-12-8-9-15-14(11-12)18(22)21(13-5-2-1-3-6-13)17(20-15)16-7-4-10-23-16/h1-11,17,20H. The minimum Gasteiger partial charge on any atom is -0.465 e. The number of carbonyl (C=O) groups is 1. The molecular formula is C18H13IN2O2. The second-order valence-electron chi connectivity index (χ2n) is 5.26. The molecule has 4 nitrogen and oxygen atoms in total. The van der Waals surface area contributed by atoms with Gasteiger partial charge < -0.3 is 9.73 Å². The Morgan fingerprint density at radius 1 is 1.04 bits per heavy atom. The zero-order valence-electron chi connectivity index (χ0n) is 12.1. The van der Waals surface area contributed by atoms with Crippen molar-refractivity contribution in [3.05, 3.63) is 81.8 Å². The van der Waals surface area contributed by atoms with E-state index in [0.29, 0.717) is 11.3 Å². The molecule has 0 radical (unpaired) electrons. The monoisotopic (exact) mass is 416 g/mol. The number of amides is 1. The zero-order valence-corrected chi connectivity index (χ0v) is 14.2. The van der Waals surface area contributed by atoms with Gasteiger partial charge in [0, 0.05) is 14.9 Å². The highest BCUT2D eigenvalue weighted by atomic mass is 127. The van der Waals surface area contributed by atoms with Crippen LogP contribution in [0.2, 0.25) is 0 Å². The first-order valence-electron chi connectivity index (χ1n) is 7.22. The summed E-state index contributed by atoms with van der Waals surface area (Å²) in [4.78, 5) is 14.8. The Bertz CT molecular complexity index is 847. The van der Waals surface area contributed by atoms with Gasteiger partial charge in [0.2, 0.25) is 0 Å². The van der Waals surface area contributed by atoms with Crippen LogP contribution in [0.5, 0.6) is 0 Å². The van der Waals surface area contributed by atoms with E-state index in [0.717, 1.165) is 14.9 Å². The van der Waals surface area contributed by atoms with Crippen molar-refractivity contribution >= 4 is 39.9 Å². The number of nitrogens with one attached hydrogen (secondary N) is 1. The van der Waals surface area contributed by atoms with E-state index in [2.05, 4.69) is 27.9 Å². The minimum atomic E-state index is -0.368. The molecule has 2 heterocycles. The number of rotatable bonds is 2. The normalized spacial score (nSPS) is 16.8. The Hall–Kier alpha value is -2.28. The van der Waals surface area contributed by atoms with E-state index in [1.165, 1.54) is 0 Å². The van der Waals surface area contributed by atoms with Crippen LogP contribution >= 0.6 is 22.6 Å². The van der Waals surface area contributed by atoms with E-state index in [1.54, 1.807) is 11.2 Å². The number of anilines is 2. The van der Waals surface area contributed by atoms with Crippen LogP contribution in [0.25, 0.3) is 0 Å². The van der Waals surface area contributed by atoms with Gasteiger partial charge in [-0.25, -0.2) is 0 Å². The van der Waals surface area contributed by atoms with Crippen LogP contribution < -0.4 is 10.2 Å². The SMILES string of the molecule is O=C1c2cc(I)ccc2NC(c2ccco2)N1c1ccccc1. The number of halogens is 1. The van der Waals surface area contributed by atoms with Crippen LogP contribution in [0.4, 0.5) is 11.4 Å². The molecule has 0 saturated heterocycles. The molecule has 1 amide bonds. The van der Waals surface area contributed by atoms with Gasteiger partial charge in [0.05, 0.1) is 11.8 Å². The molecule has 1 aromatic heterocycles. The summed E-state index contributed by atoms with van der Waals surface area (Å²) in [6.45, 7) is 0. The molecule has 5 heteroatoms. The lowest BCUT2D eigenvalue weighted by atomic mass is 10.1. The number of hydrogen-bond donors (Lipinski definition) is 1. The lowest BCUT2D eigenvalue weighted by Crippen LogP contribution is -2.43. The van der Waals surface area contributed by atoms with Crippen molar-refractivity contribution in [2.75, 3.05) is 10.2 Å². The van der Waals surface area contributed by atoms with Crippen LogP contribution in [0.3, 0.4) is 0 Å². The summed E-state index contributed by atoms with van der Waals surface area (Å²) in [5.41, 5.74) is 2.32. The molecule has 1 atom stereocenters. The average Bonchev–Trinajstić information content (AvgIpc) is 3.10. The predicted octanol–water partition coefficient (Wildman–Crippen LogP) is 4.66. The van der Waals surface area contributed by atoms with Crippen LogP contribution in [-0.4, -0.2) is 5.91 Å². The van der Waals surface area contributed by atoms with Gasteiger partial charge in [-0.2, -0.15) is 0 Å². The maximum atomic E-state index is 13.1. The van der Waals surface area contributed by atoms with Crippen molar-refractivity contribution in [1.29, 1.82) is 0 Å². The molecular weight excluding hydrogens is 403 g/mol. The molecule has 23 heavy (non-hydrogen) atoms. The molecule has 0 spiro atoms. The molecule has 0 aliphatic carbocycles. The Labute approximate surface area is 147 Å². The van der Waals surface area contributed by atoms with Gasteiger partial charge in [-0.3, -0.25) is 9.69 Å². The Balaban J connectivity index is 1.87. The lowest BCUT2D eigenvalue weighted by Gasteiger charge is -2.36. The second kappa shape index (κ2) is 5.73. The Kier molecular flexibility index (Phi) is 3.57. The highest BCUT2D eigenvalue weighted by Crippen LogP contribution is 2.37. The average molecular weight is 416 g/mol. The summed E-state index contributed by atoms with van der Waals surface area (Å²) in [7, 11) is 0. The Morgan fingerprint density at radius 2 is 1.87 bits per heavy atom.